The van der Waals surface area contributed by atoms with Crippen LogP contribution in [0.25, 0.3) is 6.08 Å². The lowest BCUT2D eigenvalue weighted by molar-refractivity contribution is -0.111. The van der Waals surface area contributed by atoms with Gasteiger partial charge in [-0.25, -0.2) is 4.79 Å². The number of ether oxygens (including phenoxy) is 3. The minimum atomic E-state index is -0.712. The van der Waals surface area contributed by atoms with Crippen LogP contribution in [-0.4, -0.2) is 37.2 Å². The second kappa shape index (κ2) is 7.86. The van der Waals surface area contributed by atoms with Crippen molar-refractivity contribution in [3.8, 4) is 17.2 Å². The molecule has 0 bridgehead atoms. The van der Waals surface area contributed by atoms with Crippen molar-refractivity contribution in [1.29, 1.82) is 0 Å². The number of amides is 1. The number of benzene rings is 1. The predicted molar refractivity (Wildman–Crippen MR) is 91.4 cm³/mol. The van der Waals surface area contributed by atoms with Gasteiger partial charge in [-0.2, -0.15) is 0 Å². The van der Waals surface area contributed by atoms with Gasteiger partial charge in [0.25, 0.3) is 5.56 Å². The number of rotatable bonds is 6. The molecule has 0 radical (unpaired) electrons. The van der Waals surface area contributed by atoms with E-state index in [2.05, 4.69) is 10.3 Å². The van der Waals surface area contributed by atoms with Gasteiger partial charge in [0.2, 0.25) is 11.7 Å². The molecule has 2 aromatic rings. The monoisotopic (exact) mass is 347 g/mol. The van der Waals surface area contributed by atoms with Gasteiger partial charge in [0.05, 0.1) is 21.3 Å². The highest BCUT2D eigenvalue weighted by molar-refractivity contribution is 6.01. The lowest BCUT2D eigenvalue weighted by atomic mass is 10.1. The lowest BCUT2D eigenvalue weighted by Gasteiger charge is -2.12. The van der Waals surface area contributed by atoms with E-state index in [1.165, 1.54) is 33.5 Å². The first-order chi connectivity index (χ1) is 12.0. The molecular weight excluding hydrogens is 330 g/mol. The van der Waals surface area contributed by atoms with Crippen LogP contribution >= 0.6 is 0 Å². The summed E-state index contributed by atoms with van der Waals surface area (Å²) in [7, 11) is 4.47. The van der Waals surface area contributed by atoms with E-state index in [-0.39, 0.29) is 5.82 Å². The molecule has 9 nitrogen and oxygen atoms in total. The highest BCUT2D eigenvalue weighted by Crippen LogP contribution is 2.38. The van der Waals surface area contributed by atoms with Crippen molar-refractivity contribution in [3.05, 3.63) is 50.7 Å². The van der Waals surface area contributed by atoms with Crippen molar-refractivity contribution in [2.24, 2.45) is 0 Å². The van der Waals surface area contributed by atoms with Gasteiger partial charge in [-0.05, 0) is 23.8 Å². The maximum absolute atomic E-state index is 11.9. The van der Waals surface area contributed by atoms with Gasteiger partial charge in [-0.15, -0.1) is 0 Å². The summed E-state index contributed by atoms with van der Waals surface area (Å²) in [6, 6.07) is 4.40. The molecule has 0 aliphatic heterocycles. The average molecular weight is 347 g/mol. The molecule has 1 aromatic heterocycles. The summed E-state index contributed by atoms with van der Waals surface area (Å²) in [5.41, 5.74) is -0.701. The molecule has 3 N–H and O–H groups in total. The summed E-state index contributed by atoms with van der Waals surface area (Å²) in [5.74, 6) is 0.789. The smallest absolute Gasteiger partial charge is 0.327 e. The molecule has 25 heavy (non-hydrogen) atoms. The second-order valence-electron chi connectivity index (χ2n) is 4.78. The molecule has 0 aliphatic carbocycles. The lowest BCUT2D eigenvalue weighted by Crippen LogP contribution is -2.24. The van der Waals surface area contributed by atoms with E-state index in [0.717, 1.165) is 6.07 Å². The first-order valence-corrected chi connectivity index (χ1v) is 7.09. The minimum absolute atomic E-state index is 0.00621. The Morgan fingerprint density at radius 3 is 2.16 bits per heavy atom. The third kappa shape index (κ3) is 4.50. The van der Waals surface area contributed by atoms with Crippen LogP contribution in [0.3, 0.4) is 0 Å². The van der Waals surface area contributed by atoms with Gasteiger partial charge >= 0.3 is 5.69 Å². The van der Waals surface area contributed by atoms with Crippen molar-refractivity contribution < 1.29 is 19.0 Å². The Morgan fingerprint density at radius 2 is 1.64 bits per heavy atom. The van der Waals surface area contributed by atoms with Crippen LogP contribution in [0.4, 0.5) is 5.82 Å². The zero-order valence-electron chi connectivity index (χ0n) is 13.8. The molecule has 1 heterocycles. The summed E-state index contributed by atoms with van der Waals surface area (Å²) in [5, 5.41) is 2.39. The van der Waals surface area contributed by atoms with Crippen molar-refractivity contribution in [3.63, 3.8) is 0 Å². The Hall–Kier alpha value is -3.49. The maximum atomic E-state index is 11.9. The van der Waals surface area contributed by atoms with E-state index in [1.807, 2.05) is 4.98 Å². The number of methoxy groups -OCH3 is 3. The Balaban J connectivity index is 2.21. The van der Waals surface area contributed by atoms with E-state index in [1.54, 1.807) is 12.1 Å². The van der Waals surface area contributed by atoms with Crippen molar-refractivity contribution in [1.82, 2.24) is 9.97 Å². The molecule has 0 aliphatic rings. The van der Waals surface area contributed by atoms with Gasteiger partial charge < -0.3 is 19.5 Å². The number of hydrogen-bond acceptors (Lipinski definition) is 6. The van der Waals surface area contributed by atoms with Crippen molar-refractivity contribution in [2.45, 2.75) is 0 Å². The number of carbonyl (C=O) groups is 1. The van der Waals surface area contributed by atoms with Crippen molar-refractivity contribution in [2.75, 3.05) is 26.6 Å². The Kier molecular flexibility index (Phi) is 5.62. The standard InChI is InChI=1S/C16H17N3O6/c1-23-10-6-9(7-11(24-2)15(10)25-3)4-5-13(20)17-12-8-14(21)19-16(22)18-12/h4-8H,1-3H3,(H3,17,18,19,20,21,22). The van der Waals surface area contributed by atoms with Crippen LogP contribution in [0.2, 0.25) is 0 Å². The van der Waals surface area contributed by atoms with E-state index >= 15 is 0 Å². The Morgan fingerprint density at radius 1 is 1.00 bits per heavy atom. The molecule has 0 spiro atoms. The highest BCUT2D eigenvalue weighted by atomic mass is 16.5. The molecule has 0 saturated carbocycles. The fourth-order valence-electron chi connectivity index (χ4n) is 2.08. The van der Waals surface area contributed by atoms with E-state index < -0.39 is 17.2 Å². The molecule has 0 unspecified atom stereocenters. The first-order valence-electron chi connectivity index (χ1n) is 7.09. The van der Waals surface area contributed by atoms with E-state index in [0.29, 0.717) is 22.8 Å². The zero-order valence-corrected chi connectivity index (χ0v) is 13.8. The molecular formula is C16H17N3O6. The Labute approximate surface area is 142 Å². The highest BCUT2D eigenvalue weighted by Gasteiger charge is 2.12. The van der Waals surface area contributed by atoms with Crippen LogP contribution in [-0.2, 0) is 4.79 Å². The molecule has 9 heteroatoms. The molecule has 132 valence electrons. The fourth-order valence-corrected chi connectivity index (χ4v) is 2.08. The maximum Gasteiger partial charge on any atom is 0.327 e. The fraction of sp³-hybridized carbons (Fsp3) is 0.188. The third-order valence-corrected chi connectivity index (χ3v) is 3.13. The Bertz CT molecular complexity index is 859. The number of H-pyrrole nitrogens is 2. The molecule has 0 fully saturated rings. The SMILES string of the molecule is COc1cc(C=CC(=O)Nc2cc(=O)[nH]c(=O)[nH]2)cc(OC)c1OC. The van der Waals surface area contributed by atoms with E-state index in [4.69, 9.17) is 14.2 Å². The second-order valence-corrected chi connectivity index (χ2v) is 4.78. The summed E-state index contributed by atoms with van der Waals surface area (Å²) in [4.78, 5) is 38.6. The van der Waals surface area contributed by atoms with Crippen LogP contribution in [0, 0.1) is 0 Å². The summed E-state index contributed by atoms with van der Waals surface area (Å²) >= 11 is 0. The van der Waals surface area contributed by atoms with Crippen molar-refractivity contribution >= 4 is 17.8 Å². The van der Waals surface area contributed by atoms with E-state index in [9.17, 15) is 14.4 Å². The van der Waals surface area contributed by atoms with Gasteiger partial charge in [-0.1, -0.05) is 0 Å². The van der Waals surface area contributed by atoms with Gasteiger partial charge in [0.15, 0.2) is 11.5 Å². The molecule has 1 aromatic carbocycles. The predicted octanol–water partition coefficient (Wildman–Crippen LogP) is 0.741. The quantitative estimate of drug-likeness (QED) is 0.663. The first kappa shape index (κ1) is 17.9. The number of anilines is 1. The molecule has 0 saturated heterocycles. The normalized spacial score (nSPS) is 10.5. The number of carbonyl (C=O) groups excluding carboxylic acids is 1. The van der Waals surface area contributed by atoms with Crippen LogP contribution < -0.4 is 30.8 Å². The largest absolute Gasteiger partial charge is 0.493 e. The van der Waals surface area contributed by atoms with Crippen LogP contribution in [0.1, 0.15) is 5.56 Å². The average Bonchev–Trinajstić information content (AvgIpc) is 2.57. The third-order valence-electron chi connectivity index (χ3n) is 3.13. The number of hydrogen-bond donors (Lipinski definition) is 3. The topological polar surface area (TPSA) is 123 Å². The summed E-state index contributed by atoms with van der Waals surface area (Å²) < 4.78 is 15.7. The minimum Gasteiger partial charge on any atom is -0.493 e. The molecule has 1 amide bonds. The summed E-state index contributed by atoms with van der Waals surface area (Å²) in [6.45, 7) is 0. The summed E-state index contributed by atoms with van der Waals surface area (Å²) in [6.07, 6.45) is 2.76. The van der Waals surface area contributed by atoms with Gasteiger partial charge in [0, 0.05) is 12.1 Å². The zero-order chi connectivity index (χ0) is 18.4. The van der Waals surface area contributed by atoms with Crippen LogP contribution in [0.15, 0.2) is 33.9 Å². The van der Waals surface area contributed by atoms with Crippen LogP contribution in [0.5, 0.6) is 17.2 Å². The number of aromatic nitrogens is 2. The van der Waals surface area contributed by atoms with Gasteiger partial charge in [0.1, 0.15) is 5.82 Å². The number of aromatic amines is 2. The van der Waals surface area contributed by atoms with Gasteiger partial charge in [-0.3, -0.25) is 19.6 Å². The molecule has 2 rings (SSSR count). The molecule has 0 atom stereocenters. The number of nitrogens with one attached hydrogen (secondary N) is 3.